The predicted octanol–water partition coefficient (Wildman–Crippen LogP) is 4.31. The quantitative estimate of drug-likeness (QED) is 0.480. The highest BCUT2D eigenvalue weighted by Gasteiger charge is 2.35. The smallest absolute Gasteiger partial charge is 0.354 e. The zero-order valence-corrected chi connectivity index (χ0v) is 21.9. The highest BCUT2D eigenvalue weighted by molar-refractivity contribution is 7.92. The monoisotopic (exact) mass is 547 g/mol. The number of amides is 2. The summed E-state index contributed by atoms with van der Waals surface area (Å²) in [6.07, 6.45) is -4.05. The van der Waals surface area contributed by atoms with Crippen LogP contribution < -0.4 is 9.62 Å². The maximum Gasteiger partial charge on any atom is 0.417 e. The second-order valence-corrected chi connectivity index (χ2v) is 11.1. The molecule has 7 nitrogen and oxygen atoms in total. The summed E-state index contributed by atoms with van der Waals surface area (Å²) in [5.41, 5.74) is -0.921. The molecule has 0 bridgehead atoms. The van der Waals surface area contributed by atoms with Gasteiger partial charge in [-0.1, -0.05) is 55.8 Å². The third-order valence-corrected chi connectivity index (χ3v) is 6.74. The minimum atomic E-state index is -4.83. The molecule has 0 saturated carbocycles. The topological polar surface area (TPSA) is 86.8 Å². The van der Waals surface area contributed by atoms with Gasteiger partial charge < -0.3 is 10.2 Å². The van der Waals surface area contributed by atoms with E-state index in [9.17, 15) is 31.2 Å². The lowest BCUT2D eigenvalue weighted by molar-refractivity contribution is -0.139. The van der Waals surface area contributed by atoms with Gasteiger partial charge in [-0.15, -0.1) is 0 Å². The number of rotatable bonds is 10. The second-order valence-electron chi connectivity index (χ2n) is 8.75. The van der Waals surface area contributed by atoms with E-state index in [1.165, 1.54) is 11.8 Å². The Labute approximate surface area is 214 Å². The van der Waals surface area contributed by atoms with Crippen molar-refractivity contribution in [1.29, 1.82) is 0 Å². The summed E-state index contributed by atoms with van der Waals surface area (Å²) < 4.78 is 65.8. The van der Waals surface area contributed by atoms with Crippen LogP contribution in [0.4, 0.5) is 18.9 Å². The standard InChI is InChI=1S/C24H29ClF3N3O4S/c1-16(2)13-29-23(33)17(3)30(14-18-8-6-5-7-9-18)22(32)15-31(36(4,34)35)19-10-11-21(25)20(12-19)24(26,27)28/h5-12,16-17H,13-15H2,1-4H3,(H,29,33). The number of sulfonamides is 1. The van der Waals surface area contributed by atoms with Gasteiger partial charge in [-0.3, -0.25) is 13.9 Å². The van der Waals surface area contributed by atoms with Gasteiger partial charge in [-0.05, 0) is 36.6 Å². The number of hydrogen-bond acceptors (Lipinski definition) is 4. The van der Waals surface area contributed by atoms with Gasteiger partial charge >= 0.3 is 6.18 Å². The Kier molecular flexibility index (Phi) is 9.78. The van der Waals surface area contributed by atoms with E-state index in [-0.39, 0.29) is 18.2 Å². The van der Waals surface area contributed by atoms with Gasteiger partial charge in [0.2, 0.25) is 21.8 Å². The van der Waals surface area contributed by atoms with Crippen molar-refractivity contribution in [2.45, 2.75) is 39.5 Å². The first-order valence-electron chi connectivity index (χ1n) is 11.1. The number of nitrogens with one attached hydrogen (secondary N) is 1. The Morgan fingerprint density at radius 1 is 1.06 bits per heavy atom. The van der Waals surface area contributed by atoms with E-state index in [1.807, 2.05) is 13.8 Å². The molecule has 12 heteroatoms. The molecule has 0 radical (unpaired) electrons. The first-order valence-corrected chi connectivity index (χ1v) is 13.3. The Hall–Kier alpha value is -2.79. The Morgan fingerprint density at radius 3 is 2.19 bits per heavy atom. The molecule has 0 aliphatic carbocycles. The summed E-state index contributed by atoms with van der Waals surface area (Å²) in [6.45, 7) is 4.86. The van der Waals surface area contributed by atoms with Gasteiger partial charge in [-0.2, -0.15) is 13.2 Å². The molecule has 36 heavy (non-hydrogen) atoms. The molecule has 0 aromatic heterocycles. The lowest BCUT2D eigenvalue weighted by Crippen LogP contribution is -2.51. The molecule has 2 aromatic rings. The van der Waals surface area contributed by atoms with Crippen LogP contribution in [0.3, 0.4) is 0 Å². The first-order chi connectivity index (χ1) is 16.6. The molecule has 1 atom stereocenters. The van der Waals surface area contributed by atoms with Crippen LogP contribution in [0, 0.1) is 5.92 Å². The number of benzene rings is 2. The van der Waals surface area contributed by atoms with Crippen molar-refractivity contribution in [2.24, 2.45) is 5.92 Å². The van der Waals surface area contributed by atoms with Crippen molar-refractivity contribution in [3.05, 3.63) is 64.7 Å². The molecule has 0 fully saturated rings. The number of alkyl halides is 3. The second kappa shape index (κ2) is 12.0. The summed E-state index contributed by atoms with van der Waals surface area (Å²) >= 11 is 5.67. The minimum absolute atomic E-state index is 0.0119. The van der Waals surface area contributed by atoms with Crippen LogP contribution in [0.25, 0.3) is 0 Å². The van der Waals surface area contributed by atoms with Crippen LogP contribution in [-0.2, 0) is 32.3 Å². The SMILES string of the molecule is CC(C)CNC(=O)C(C)N(Cc1ccccc1)C(=O)CN(c1ccc(Cl)c(C(F)(F)F)c1)S(C)(=O)=O. The third kappa shape index (κ3) is 8.12. The van der Waals surface area contributed by atoms with Crippen LogP contribution in [0.5, 0.6) is 0 Å². The normalized spacial score (nSPS) is 12.8. The molecular weight excluding hydrogens is 519 g/mol. The van der Waals surface area contributed by atoms with Gasteiger partial charge in [-0.25, -0.2) is 8.42 Å². The minimum Gasteiger partial charge on any atom is -0.354 e. The molecule has 0 aliphatic rings. The molecule has 2 rings (SSSR count). The van der Waals surface area contributed by atoms with Crippen molar-refractivity contribution in [3.8, 4) is 0 Å². The van der Waals surface area contributed by atoms with Crippen LogP contribution >= 0.6 is 11.6 Å². The lowest BCUT2D eigenvalue weighted by Gasteiger charge is -2.31. The number of carbonyl (C=O) groups is 2. The molecule has 0 heterocycles. The van der Waals surface area contributed by atoms with Gasteiger partial charge in [0.15, 0.2) is 0 Å². The van der Waals surface area contributed by atoms with E-state index in [0.717, 1.165) is 18.4 Å². The number of hydrogen-bond donors (Lipinski definition) is 1. The van der Waals surface area contributed by atoms with Gasteiger partial charge in [0.25, 0.3) is 0 Å². The van der Waals surface area contributed by atoms with Crippen LogP contribution in [-0.4, -0.2) is 50.5 Å². The number of halogens is 4. The highest BCUT2D eigenvalue weighted by atomic mass is 35.5. The van der Waals surface area contributed by atoms with E-state index in [2.05, 4.69) is 5.32 Å². The van der Waals surface area contributed by atoms with Crippen molar-refractivity contribution < 1.29 is 31.2 Å². The average Bonchev–Trinajstić information content (AvgIpc) is 2.78. The fourth-order valence-corrected chi connectivity index (χ4v) is 4.38. The van der Waals surface area contributed by atoms with Crippen LogP contribution in [0.1, 0.15) is 31.9 Å². The summed E-state index contributed by atoms with van der Waals surface area (Å²) in [4.78, 5) is 27.4. The van der Waals surface area contributed by atoms with E-state index in [4.69, 9.17) is 11.6 Å². The fourth-order valence-electron chi connectivity index (χ4n) is 3.31. The number of carbonyl (C=O) groups excluding carboxylic acids is 2. The average molecular weight is 548 g/mol. The summed E-state index contributed by atoms with van der Waals surface area (Å²) in [5.74, 6) is -1.04. The molecule has 1 N–H and O–H groups in total. The number of anilines is 1. The van der Waals surface area contributed by atoms with E-state index >= 15 is 0 Å². The highest BCUT2D eigenvalue weighted by Crippen LogP contribution is 2.37. The largest absolute Gasteiger partial charge is 0.417 e. The van der Waals surface area contributed by atoms with Gasteiger partial charge in [0.05, 0.1) is 22.5 Å². The molecule has 0 aliphatic heterocycles. The number of nitrogens with zero attached hydrogens (tertiary/aromatic N) is 2. The molecule has 2 amide bonds. The Bertz CT molecular complexity index is 1170. The Balaban J connectivity index is 2.43. The fraction of sp³-hybridized carbons (Fsp3) is 0.417. The molecule has 0 saturated heterocycles. The van der Waals surface area contributed by atoms with Gasteiger partial charge in [0.1, 0.15) is 12.6 Å². The molecule has 1 unspecified atom stereocenters. The molecule has 0 spiro atoms. The third-order valence-electron chi connectivity index (χ3n) is 5.27. The zero-order chi connectivity index (χ0) is 27.3. The van der Waals surface area contributed by atoms with Crippen molar-refractivity contribution in [2.75, 3.05) is 23.7 Å². The maximum absolute atomic E-state index is 13.4. The first kappa shape index (κ1) is 29.4. The lowest BCUT2D eigenvalue weighted by atomic mass is 10.1. The van der Waals surface area contributed by atoms with Gasteiger partial charge in [0, 0.05) is 13.1 Å². The van der Waals surface area contributed by atoms with E-state index in [0.29, 0.717) is 22.5 Å². The van der Waals surface area contributed by atoms with Crippen molar-refractivity contribution in [3.63, 3.8) is 0 Å². The molecule has 2 aromatic carbocycles. The van der Waals surface area contributed by atoms with E-state index < -0.39 is 51.2 Å². The molecule has 198 valence electrons. The summed E-state index contributed by atoms with van der Waals surface area (Å²) in [7, 11) is -4.19. The van der Waals surface area contributed by atoms with Crippen LogP contribution in [0.2, 0.25) is 5.02 Å². The van der Waals surface area contributed by atoms with Crippen LogP contribution in [0.15, 0.2) is 48.5 Å². The maximum atomic E-state index is 13.4. The molecular formula is C24H29ClF3N3O4S. The van der Waals surface area contributed by atoms with E-state index in [1.54, 1.807) is 30.3 Å². The van der Waals surface area contributed by atoms with Crippen molar-refractivity contribution >= 4 is 39.1 Å². The summed E-state index contributed by atoms with van der Waals surface area (Å²) in [5, 5.41) is 2.14. The predicted molar refractivity (Wildman–Crippen MR) is 133 cm³/mol. The summed E-state index contributed by atoms with van der Waals surface area (Å²) in [6, 6.07) is 10.4. The zero-order valence-electron chi connectivity index (χ0n) is 20.3. The van der Waals surface area contributed by atoms with Crippen molar-refractivity contribution in [1.82, 2.24) is 10.2 Å². The Morgan fingerprint density at radius 2 is 1.67 bits per heavy atom.